The van der Waals surface area contributed by atoms with E-state index in [9.17, 15) is 4.79 Å². The zero-order chi connectivity index (χ0) is 15.9. The number of hydrogen-bond donors (Lipinski definition) is 2. The van der Waals surface area contributed by atoms with Crippen molar-refractivity contribution < 1.29 is 4.79 Å². The van der Waals surface area contributed by atoms with Gasteiger partial charge in [0.15, 0.2) is 0 Å². The maximum absolute atomic E-state index is 12.1. The Morgan fingerprint density at radius 1 is 1.04 bits per heavy atom. The van der Waals surface area contributed by atoms with Crippen LogP contribution in [0, 0.1) is 13.8 Å². The molecule has 2 aromatic rings. The Morgan fingerprint density at radius 3 is 2.26 bits per heavy atom. The number of amides is 1. The van der Waals surface area contributed by atoms with Crippen LogP contribution in [-0.4, -0.2) is 18.5 Å². The lowest BCUT2D eigenvalue weighted by molar-refractivity contribution is -0.122. The van der Waals surface area contributed by atoms with E-state index in [-0.39, 0.29) is 18.3 Å². The van der Waals surface area contributed by atoms with E-state index >= 15 is 0 Å². The minimum Gasteiger partial charge on any atom is -0.354 e. The lowest BCUT2D eigenvalue weighted by Crippen LogP contribution is -2.42. The van der Waals surface area contributed by atoms with Crippen LogP contribution in [0.1, 0.15) is 22.3 Å². The molecule has 2 rings (SSSR count). The molecule has 0 bridgehead atoms. The Morgan fingerprint density at radius 2 is 1.65 bits per heavy atom. The smallest absolute Gasteiger partial charge is 0.237 e. The molecule has 0 aliphatic heterocycles. The zero-order valence-electron chi connectivity index (χ0n) is 13.7. The molecule has 23 heavy (non-hydrogen) atoms. The first-order valence-electron chi connectivity index (χ1n) is 7.70. The lowest BCUT2D eigenvalue weighted by atomic mass is 10.00. The predicted molar refractivity (Wildman–Crippen MR) is 98.0 cm³/mol. The molecule has 0 aliphatic carbocycles. The SMILES string of the molecule is Cc1cccc(C)c1CCNC(=O)[C@@H](N)Cc1ccccc1.Cl. The highest BCUT2D eigenvalue weighted by Gasteiger charge is 2.13. The number of nitrogens with two attached hydrogens (primary N) is 1. The Kier molecular flexibility index (Phi) is 7.79. The molecule has 1 amide bonds. The Hall–Kier alpha value is -1.84. The van der Waals surface area contributed by atoms with E-state index in [0.717, 1.165) is 12.0 Å². The molecule has 0 spiro atoms. The first kappa shape index (κ1) is 19.2. The third-order valence-electron chi connectivity index (χ3n) is 3.95. The number of carbonyl (C=O) groups excluding carboxylic acids is 1. The first-order valence-corrected chi connectivity index (χ1v) is 7.70. The monoisotopic (exact) mass is 332 g/mol. The van der Waals surface area contributed by atoms with E-state index in [1.807, 2.05) is 30.3 Å². The van der Waals surface area contributed by atoms with E-state index in [0.29, 0.717) is 13.0 Å². The summed E-state index contributed by atoms with van der Waals surface area (Å²) in [5.74, 6) is -0.0879. The van der Waals surface area contributed by atoms with Crippen molar-refractivity contribution in [2.45, 2.75) is 32.7 Å². The third-order valence-corrected chi connectivity index (χ3v) is 3.95. The summed E-state index contributed by atoms with van der Waals surface area (Å²) in [6.07, 6.45) is 1.40. The maximum Gasteiger partial charge on any atom is 0.237 e. The van der Waals surface area contributed by atoms with Gasteiger partial charge in [-0.1, -0.05) is 48.5 Å². The van der Waals surface area contributed by atoms with Gasteiger partial charge < -0.3 is 11.1 Å². The molecule has 3 nitrogen and oxygen atoms in total. The summed E-state index contributed by atoms with van der Waals surface area (Å²) in [5.41, 5.74) is 10.9. The van der Waals surface area contributed by atoms with Gasteiger partial charge in [-0.05, 0) is 48.9 Å². The van der Waals surface area contributed by atoms with Crippen molar-refractivity contribution in [3.63, 3.8) is 0 Å². The summed E-state index contributed by atoms with van der Waals surface area (Å²) in [6.45, 7) is 4.82. The van der Waals surface area contributed by atoms with Gasteiger partial charge >= 0.3 is 0 Å². The van der Waals surface area contributed by atoms with Gasteiger partial charge in [-0.15, -0.1) is 12.4 Å². The Bertz CT molecular complexity index is 608. The molecule has 3 N–H and O–H groups in total. The molecule has 124 valence electrons. The standard InChI is InChI=1S/C19H24N2O.ClH/c1-14-7-6-8-15(2)17(14)11-12-21-19(22)18(20)13-16-9-4-3-5-10-16;/h3-10,18H,11-13,20H2,1-2H3,(H,21,22);1H/t18-;/m0./s1. The minimum atomic E-state index is -0.500. The van der Waals surface area contributed by atoms with Crippen LogP contribution in [0.5, 0.6) is 0 Å². The average Bonchev–Trinajstić information content (AvgIpc) is 2.51. The summed E-state index contributed by atoms with van der Waals surface area (Å²) < 4.78 is 0. The highest BCUT2D eigenvalue weighted by Crippen LogP contribution is 2.13. The molecule has 0 saturated heterocycles. The lowest BCUT2D eigenvalue weighted by Gasteiger charge is -2.14. The molecule has 1 atom stereocenters. The average molecular weight is 333 g/mol. The molecule has 0 fully saturated rings. The van der Waals surface area contributed by atoms with Gasteiger partial charge in [0, 0.05) is 6.54 Å². The summed E-state index contributed by atoms with van der Waals surface area (Å²) >= 11 is 0. The number of rotatable bonds is 6. The van der Waals surface area contributed by atoms with Gasteiger partial charge in [0.2, 0.25) is 5.91 Å². The molecular weight excluding hydrogens is 308 g/mol. The van der Waals surface area contributed by atoms with Crippen molar-refractivity contribution >= 4 is 18.3 Å². The van der Waals surface area contributed by atoms with E-state index < -0.39 is 6.04 Å². The third kappa shape index (κ3) is 5.70. The van der Waals surface area contributed by atoms with Gasteiger partial charge in [0.1, 0.15) is 0 Å². The van der Waals surface area contributed by atoms with Crippen LogP contribution in [0.2, 0.25) is 0 Å². The molecule has 0 heterocycles. The fourth-order valence-corrected chi connectivity index (χ4v) is 2.65. The fraction of sp³-hybridized carbons (Fsp3) is 0.316. The summed E-state index contributed by atoms with van der Waals surface area (Å²) in [4.78, 5) is 12.1. The van der Waals surface area contributed by atoms with Crippen molar-refractivity contribution in [1.29, 1.82) is 0 Å². The van der Waals surface area contributed by atoms with E-state index in [1.165, 1.54) is 16.7 Å². The van der Waals surface area contributed by atoms with Crippen LogP contribution >= 0.6 is 12.4 Å². The van der Waals surface area contributed by atoms with Crippen molar-refractivity contribution in [1.82, 2.24) is 5.32 Å². The van der Waals surface area contributed by atoms with Crippen LogP contribution < -0.4 is 11.1 Å². The molecule has 0 aliphatic rings. The second-order valence-electron chi connectivity index (χ2n) is 5.71. The molecule has 0 saturated carbocycles. The largest absolute Gasteiger partial charge is 0.354 e. The zero-order valence-corrected chi connectivity index (χ0v) is 14.5. The number of nitrogens with one attached hydrogen (secondary N) is 1. The topological polar surface area (TPSA) is 55.1 Å². The van der Waals surface area contributed by atoms with Crippen LogP contribution in [0.15, 0.2) is 48.5 Å². The van der Waals surface area contributed by atoms with Crippen LogP contribution in [0.4, 0.5) is 0 Å². The fourth-order valence-electron chi connectivity index (χ4n) is 2.65. The quantitative estimate of drug-likeness (QED) is 0.854. The van der Waals surface area contributed by atoms with E-state index in [1.54, 1.807) is 0 Å². The van der Waals surface area contributed by atoms with Gasteiger partial charge in [-0.25, -0.2) is 0 Å². The predicted octanol–water partition coefficient (Wildman–Crippen LogP) is 2.95. The normalized spacial score (nSPS) is 11.4. The molecular formula is C19H25ClN2O. The highest BCUT2D eigenvalue weighted by molar-refractivity contribution is 5.85. The van der Waals surface area contributed by atoms with E-state index in [2.05, 4.69) is 37.4 Å². The van der Waals surface area contributed by atoms with Crippen LogP contribution in [-0.2, 0) is 17.6 Å². The van der Waals surface area contributed by atoms with Gasteiger partial charge in [0.05, 0.1) is 6.04 Å². The van der Waals surface area contributed by atoms with Gasteiger partial charge in [0.25, 0.3) is 0 Å². The van der Waals surface area contributed by atoms with Crippen molar-refractivity contribution in [2.75, 3.05) is 6.54 Å². The first-order chi connectivity index (χ1) is 10.6. The highest BCUT2D eigenvalue weighted by atomic mass is 35.5. The molecule has 4 heteroatoms. The minimum absolute atomic E-state index is 0. The summed E-state index contributed by atoms with van der Waals surface area (Å²) in [5, 5.41) is 2.94. The van der Waals surface area contributed by atoms with Crippen LogP contribution in [0.3, 0.4) is 0 Å². The van der Waals surface area contributed by atoms with Gasteiger partial charge in [-0.3, -0.25) is 4.79 Å². The second kappa shape index (κ2) is 9.33. The maximum atomic E-state index is 12.1. The van der Waals surface area contributed by atoms with Crippen molar-refractivity contribution in [2.24, 2.45) is 5.73 Å². The number of halogens is 1. The number of hydrogen-bond acceptors (Lipinski definition) is 2. The molecule has 0 aromatic heterocycles. The molecule has 0 radical (unpaired) electrons. The second-order valence-corrected chi connectivity index (χ2v) is 5.71. The summed E-state index contributed by atoms with van der Waals surface area (Å²) in [7, 11) is 0. The van der Waals surface area contributed by atoms with Gasteiger partial charge in [-0.2, -0.15) is 0 Å². The Balaban J connectivity index is 0.00000264. The number of benzene rings is 2. The van der Waals surface area contributed by atoms with Crippen molar-refractivity contribution in [3.05, 3.63) is 70.8 Å². The molecule has 2 aromatic carbocycles. The van der Waals surface area contributed by atoms with E-state index in [4.69, 9.17) is 5.73 Å². The summed E-state index contributed by atoms with van der Waals surface area (Å²) in [6, 6.07) is 15.6. The molecule has 0 unspecified atom stereocenters. The van der Waals surface area contributed by atoms with Crippen molar-refractivity contribution in [3.8, 4) is 0 Å². The number of aryl methyl sites for hydroxylation is 2. The van der Waals surface area contributed by atoms with Crippen LogP contribution in [0.25, 0.3) is 0 Å². The number of carbonyl (C=O) groups is 1. The Labute approximate surface area is 144 Å².